The zero-order valence-corrected chi connectivity index (χ0v) is 12.7. The van der Waals surface area contributed by atoms with E-state index >= 15 is 0 Å². The molecule has 1 amide bonds. The molecule has 17 heavy (non-hydrogen) atoms. The van der Waals surface area contributed by atoms with E-state index in [2.05, 4.69) is 37.2 Å². The molecule has 1 fully saturated rings. The highest BCUT2D eigenvalue weighted by atomic mass is 79.9. The van der Waals surface area contributed by atoms with E-state index in [1.807, 2.05) is 30.1 Å². The summed E-state index contributed by atoms with van der Waals surface area (Å²) in [5.41, 5.74) is 0.725. The molecule has 0 spiro atoms. The standard InChI is InChI=1S/C12H14Br2N2O/c1-15-11-2-3-16(7-11)12(17)8-4-9(13)6-10(14)5-8/h4-6,11,15H,2-3,7H2,1H3. The molecular weight excluding hydrogens is 348 g/mol. The molecule has 1 aromatic rings. The Kier molecular flexibility index (Phi) is 4.22. The maximum Gasteiger partial charge on any atom is 0.253 e. The molecule has 1 atom stereocenters. The third kappa shape index (κ3) is 3.09. The number of hydrogen-bond acceptors (Lipinski definition) is 2. The summed E-state index contributed by atoms with van der Waals surface area (Å²) in [6.45, 7) is 1.62. The number of likely N-dealkylation sites (tertiary alicyclic amines) is 1. The molecule has 1 aromatic carbocycles. The number of carbonyl (C=O) groups excluding carboxylic acids is 1. The van der Waals surface area contributed by atoms with Crippen molar-refractivity contribution in [1.29, 1.82) is 0 Å². The molecule has 0 bridgehead atoms. The molecule has 0 aliphatic carbocycles. The number of nitrogens with one attached hydrogen (secondary N) is 1. The molecule has 0 radical (unpaired) electrons. The molecule has 5 heteroatoms. The van der Waals surface area contributed by atoms with Crippen LogP contribution < -0.4 is 5.32 Å². The van der Waals surface area contributed by atoms with E-state index in [9.17, 15) is 4.79 Å². The Bertz CT molecular complexity index is 416. The van der Waals surface area contributed by atoms with Crippen LogP contribution in [0.5, 0.6) is 0 Å². The molecule has 1 aliphatic heterocycles. The second-order valence-corrected chi connectivity index (χ2v) is 6.01. The number of hydrogen-bond donors (Lipinski definition) is 1. The van der Waals surface area contributed by atoms with E-state index in [1.54, 1.807) is 0 Å². The smallest absolute Gasteiger partial charge is 0.253 e. The van der Waals surface area contributed by atoms with Gasteiger partial charge in [0.05, 0.1) is 0 Å². The molecular formula is C12H14Br2N2O. The number of nitrogens with zero attached hydrogens (tertiary/aromatic N) is 1. The van der Waals surface area contributed by atoms with Gasteiger partial charge in [-0.1, -0.05) is 31.9 Å². The lowest BCUT2D eigenvalue weighted by atomic mass is 10.2. The summed E-state index contributed by atoms with van der Waals surface area (Å²) < 4.78 is 1.83. The quantitative estimate of drug-likeness (QED) is 0.878. The number of carbonyl (C=O) groups is 1. The van der Waals surface area contributed by atoms with Crippen LogP contribution in [-0.4, -0.2) is 37.0 Å². The fraction of sp³-hybridized carbons (Fsp3) is 0.417. The molecule has 1 unspecified atom stereocenters. The molecule has 92 valence electrons. The lowest BCUT2D eigenvalue weighted by Crippen LogP contribution is -2.33. The normalized spacial score (nSPS) is 19.7. The Hall–Kier alpha value is -0.390. The summed E-state index contributed by atoms with van der Waals surface area (Å²) >= 11 is 6.80. The van der Waals surface area contributed by atoms with Crippen molar-refractivity contribution in [2.75, 3.05) is 20.1 Å². The van der Waals surface area contributed by atoms with Gasteiger partial charge in [-0.05, 0) is 31.7 Å². The highest BCUT2D eigenvalue weighted by Gasteiger charge is 2.25. The van der Waals surface area contributed by atoms with Crippen molar-refractivity contribution in [3.63, 3.8) is 0 Å². The van der Waals surface area contributed by atoms with Gasteiger partial charge in [0.25, 0.3) is 5.91 Å². The maximum atomic E-state index is 12.3. The SMILES string of the molecule is CNC1CCN(C(=O)c2cc(Br)cc(Br)c2)C1. The summed E-state index contributed by atoms with van der Waals surface area (Å²) in [6, 6.07) is 6.08. The van der Waals surface area contributed by atoms with Gasteiger partial charge in [-0.15, -0.1) is 0 Å². The second kappa shape index (κ2) is 5.50. The summed E-state index contributed by atoms with van der Waals surface area (Å²) in [6.07, 6.45) is 1.03. The highest BCUT2D eigenvalue weighted by Crippen LogP contribution is 2.22. The van der Waals surface area contributed by atoms with Crippen molar-refractivity contribution in [2.24, 2.45) is 0 Å². The minimum absolute atomic E-state index is 0.102. The fourth-order valence-electron chi connectivity index (χ4n) is 2.04. The van der Waals surface area contributed by atoms with Crippen molar-refractivity contribution in [2.45, 2.75) is 12.5 Å². The van der Waals surface area contributed by atoms with Gasteiger partial charge in [-0.25, -0.2) is 0 Å². The highest BCUT2D eigenvalue weighted by molar-refractivity contribution is 9.11. The topological polar surface area (TPSA) is 32.3 Å². The van der Waals surface area contributed by atoms with E-state index in [1.165, 1.54) is 0 Å². The van der Waals surface area contributed by atoms with Crippen LogP contribution in [0.2, 0.25) is 0 Å². The third-order valence-corrected chi connectivity index (χ3v) is 3.91. The van der Waals surface area contributed by atoms with Crippen LogP contribution in [0.3, 0.4) is 0 Å². The first-order chi connectivity index (χ1) is 8.10. The summed E-state index contributed by atoms with van der Waals surface area (Å²) in [7, 11) is 1.94. The minimum atomic E-state index is 0.102. The van der Waals surface area contributed by atoms with Crippen molar-refractivity contribution >= 4 is 37.8 Å². The van der Waals surface area contributed by atoms with Gasteiger partial charge in [-0.2, -0.15) is 0 Å². The average Bonchev–Trinajstić information content (AvgIpc) is 2.75. The molecule has 1 saturated heterocycles. The monoisotopic (exact) mass is 360 g/mol. The first kappa shape index (κ1) is 13.1. The van der Waals surface area contributed by atoms with Gasteiger partial charge in [0.2, 0.25) is 0 Å². The molecule has 1 heterocycles. The molecule has 1 N–H and O–H groups in total. The number of likely N-dealkylation sites (N-methyl/N-ethyl adjacent to an activating group) is 1. The lowest BCUT2D eigenvalue weighted by molar-refractivity contribution is 0.0789. The molecule has 1 aliphatic rings. The fourth-order valence-corrected chi connectivity index (χ4v) is 3.33. The molecule has 3 nitrogen and oxygen atoms in total. The van der Waals surface area contributed by atoms with Gasteiger partial charge in [0.15, 0.2) is 0 Å². The van der Waals surface area contributed by atoms with Crippen LogP contribution in [0.1, 0.15) is 16.8 Å². The largest absolute Gasteiger partial charge is 0.337 e. The third-order valence-electron chi connectivity index (χ3n) is 2.99. The molecule has 2 rings (SSSR count). The van der Waals surface area contributed by atoms with Gasteiger partial charge in [0, 0.05) is 33.6 Å². The lowest BCUT2D eigenvalue weighted by Gasteiger charge is -2.16. The van der Waals surface area contributed by atoms with Gasteiger partial charge in [-0.3, -0.25) is 4.79 Å². The second-order valence-electron chi connectivity index (χ2n) is 4.18. The van der Waals surface area contributed by atoms with E-state index < -0.39 is 0 Å². The van der Waals surface area contributed by atoms with E-state index in [-0.39, 0.29) is 5.91 Å². The maximum absolute atomic E-state index is 12.3. The number of amides is 1. The molecule has 0 saturated carbocycles. The van der Waals surface area contributed by atoms with Crippen LogP contribution in [0.15, 0.2) is 27.1 Å². The Balaban J connectivity index is 2.14. The van der Waals surface area contributed by atoms with Crippen LogP contribution in [0.25, 0.3) is 0 Å². The Morgan fingerprint density at radius 3 is 2.53 bits per heavy atom. The van der Waals surface area contributed by atoms with E-state index in [0.29, 0.717) is 6.04 Å². The number of halogens is 2. The Labute approximate surface area is 118 Å². The number of rotatable bonds is 2. The summed E-state index contributed by atoms with van der Waals surface area (Å²) in [4.78, 5) is 14.2. The zero-order chi connectivity index (χ0) is 12.4. The Morgan fingerprint density at radius 1 is 1.35 bits per heavy atom. The van der Waals surface area contributed by atoms with Gasteiger partial charge < -0.3 is 10.2 Å². The van der Waals surface area contributed by atoms with Crippen LogP contribution >= 0.6 is 31.9 Å². The van der Waals surface area contributed by atoms with Crippen molar-refractivity contribution in [3.8, 4) is 0 Å². The predicted octanol–water partition coefficient (Wildman–Crippen LogP) is 2.65. The zero-order valence-electron chi connectivity index (χ0n) is 9.54. The Morgan fingerprint density at radius 2 is 2.00 bits per heavy atom. The summed E-state index contributed by atoms with van der Waals surface area (Å²) in [5, 5.41) is 3.21. The first-order valence-electron chi connectivity index (χ1n) is 5.53. The van der Waals surface area contributed by atoms with E-state index in [0.717, 1.165) is 34.0 Å². The van der Waals surface area contributed by atoms with E-state index in [4.69, 9.17) is 0 Å². The van der Waals surface area contributed by atoms with Crippen molar-refractivity contribution < 1.29 is 4.79 Å². The van der Waals surface area contributed by atoms with Gasteiger partial charge >= 0.3 is 0 Å². The number of benzene rings is 1. The first-order valence-corrected chi connectivity index (χ1v) is 7.11. The van der Waals surface area contributed by atoms with Gasteiger partial charge in [0.1, 0.15) is 0 Å². The van der Waals surface area contributed by atoms with Crippen molar-refractivity contribution in [1.82, 2.24) is 10.2 Å². The average molecular weight is 362 g/mol. The van der Waals surface area contributed by atoms with Crippen LogP contribution in [0, 0.1) is 0 Å². The molecule has 0 aromatic heterocycles. The predicted molar refractivity (Wildman–Crippen MR) is 75.2 cm³/mol. The summed E-state index contributed by atoms with van der Waals surface area (Å²) in [5.74, 6) is 0.102. The van der Waals surface area contributed by atoms with Crippen LogP contribution in [-0.2, 0) is 0 Å². The minimum Gasteiger partial charge on any atom is -0.337 e. The van der Waals surface area contributed by atoms with Crippen LogP contribution in [0.4, 0.5) is 0 Å². The van der Waals surface area contributed by atoms with Crippen molar-refractivity contribution in [3.05, 3.63) is 32.7 Å².